The van der Waals surface area contributed by atoms with Gasteiger partial charge in [-0.25, -0.2) is 13.1 Å². The first-order valence-corrected chi connectivity index (χ1v) is 7.67. The average molecular weight is 316 g/mol. The van der Waals surface area contributed by atoms with E-state index in [4.69, 9.17) is 11.6 Å². The first-order valence-electron chi connectivity index (χ1n) is 5.81. The molecule has 1 heterocycles. The fourth-order valence-corrected chi connectivity index (χ4v) is 2.95. The van der Waals surface area contributed by atoms with Gasteiger partial charge in [0.2, 0.25) is 10.0 Å². The Kier molecular flexibility index (Phi) is 4.44. The summed E-state index contributed by atoms with van der Waals surface area (Å²) in [6, 6.07) is 6.74. The first-order chi connectivity index (χ1) is 9.40. The van der Waals surface area contributed by atoms with Gasteiger partial charge in [-0.2, -0.15) is 5.10 Å². The molecule has 0 fully saturated rings. The molecule has 2 rings (SSSR count). The Morgan fingerprint density at radius 1 is 1.45 bits per heavy atom. The standard InChI is InChI=1S/C12H14ClN3O3S/c1-16-8-9(6-14-16)20(18,19)15-7-12(17)10-4-2-3-5-11(10)13/h2-6,8,12,15,17H,7H2,1H3. The number of aryl methyl sites for hydroxylation is 1. The molecule has 2 aromatic rings. The van der Waals surface area contributed by atoms with Crippen molar-refractivity contribution in [3.05, 3.63) is 47.2 Å². The Bertz CT molecular complexity index is 699. The summed E-state index contributed by atoms with van der Waals surface area (Å²) in [6.45, 7) is -0.166. The third-order valence-electron chi connectivity index (χ3n) is 2.72. The zero-order valence-corrected chi connectivity index (χ0v) is 12.3. The summed E-state index contributed by atoms with van der Waals surface area (Å²) in [4.78, 5) is 0.0476. The summed E-state index contributed by atoms with van der Waals surface area (Å²) < 4.78 is 27.6. The minimum absolute atomic E-state index is 0.0476. The highest BCUT2D eigenvalue weighted by Gasteiger charge is 2.19. The number of nitrogens with one attached hydrogen (secondary N) is 1. The number of sulfonamides is 1. The Labute approximate surface area is 122 Å². The van der Waals surface area contributed by atoms with Crippen LogP contribution in [0.5, 0.6) is 0 Å². The van der Waals surface area contributed by atoms with Crippen molar-refractivity contribution in [1.82, 2.24) is 14.5 Å². The lowest BCUT2D eigenvalue weighted by atomic mass is 10.1. The maximum atomic E-state index is 12.0. The van der Waals surface area contributed by atoms with Crippen LogP contribution in [0.4, 0.5) is 0 Å². The number of hydrogen-bond donors (Lipinski definition) is 2. The summed E-state index contributed by atoms with van der Waals surface area (Å²) in [5, 5.41) is 14.2. The minimum atomic E-state index is -3.69. The molecule has 1 aromatic heterocycles. The minimum Gasteiger partial charge on any atom is -0.387 e. The van der Waals surface area contributed by atoms with Crippen LogP contribution in [0.15, 0.2) is 41.6 Å². The van der Waals surface area contributed by atoms with E-state index in [9.17, 15) is 13.5 Å². The lowest BCUT2D eigenvalue weighted by Crippen LogP contribution is -2.28. The van der Waals surface area contributed by atoms with Gasteiger partial charge in [-0.3, -0.25) is 4.68 Å². The van der Waals surface area contributed by atoms with Gasteiger partial charge >= 0.3 is 0 Å². The van der Waals surface area contributed by atoms with Gasteiger partial charge in [0.25, 0.3) is 0 Å². The van der Waals surface area contributed by atoms with Crippen LogP contribution in [0.3, 0.4) is 0 Å². The van der Waals surface area contributed by atoms with E-state index in [0.29, 0.717) is 10.6 Å². The van der Waals surface area contributed by atoms with E-state index in [-0.39, 0.29) is 11.4 Å². The van der Waals surface area contributed by atoms with Crippen LogP contribution in [0.2, 0.25) is 5.02 Å². The Morgan fingerprint density at radius 3 is 2.75 bits per heavy atom. The third kappa shape index (κ3) is 3.37. The molecule has 0 bridgehead atoms. The quantitative estimate of drug-likeness (QED) is 0.865. The zero-order chi connectivity index (χ0) is 14.8. The van der Waals surface area contributed by atoms with Crippen molar-refractivity contribution >= 4 is 21.6 Å². The summed E-state index contributed by atoms with van der Waals surface area (Å²) >= 11 is 5.94. The lowest BCUT2D eigenvalue weighted by molar-refractivity contribution is 0.182. The van der Waals surface area contributed by atoms with E-state index in [1.165, 1.54) is 17.1 Å². The smallest absolute Gasteiger partial charge is 0.243 e. The van der Waals surface area contributed by atoms with Crippen molar-refractivity contribution in [2.24, 2.45) is 7.05 Å². The Balaban J connectivity index is 2.07. The second-order valence-electron chi connectivity index (χ2n) is 4.24. The van der Waals surface area contributed by atoms with Crippen LogP contribution in [-0.4, -0.2) is 29.8 Å². The van der Waals surface area contributed by atoms with E-state index >= 15 is 0 Å². The van der Waals surface area contributed by atoms with Gasteiger partial charge in [0.1, 0.15) is 4.90 Å². The molecule has 0 aliphatic heterocycles. The summed E-state index contributed by atoms with van der Waals surface area (Å²) in [6.07, 6.45) is 1.60. The van der Waals surface area contributed by atoms with E-state index < -0.39 is 16.1 Å². The number of aliphatic hydroxyl groups excluding tert-OH is 1. The number of rotatable bonds is 5. The fraction of sp³-hybridized carbons (Fsp3) is 0.250. The Morgan fingerprint density at radius 2 is 2.15 bits per heavy atom. The molecule has 2 N–H and O–H groups in total. The fourth-order valence-electron chi connectivity index (χ4n) is 1.66. The maximum Gasteiger partial charge on any atom is 0.243 e. The van der Waals surface area contributed by atoms with E-state index in [1.54, 1.807) is 31.3 Å². The van der Waals surface area contributed by atoms with Crippen LogP contribution in [-0.2, 0) is 17.1 Å². The molecule has 1 unspecified atom stereocenters. The van der Waals surface area contributed by atoms with Gasteiger partial charge in [0.05, 0.1) is 12.3 Å². The molecule has 8 heteroatoms. The lowest BCUT2D eigenvalue weighted by Gasteiger charge is -2.13. The highest BCUT2D eigenvalue weighted by Crippen LogP contribution is 2.22. The van der Waals surface area contributed by atoms with Gasteiger partial charge in [-0.15, -0.1) is 0 Å². The van der Waals surface area contributed by atoms with Crippen molar-refractivity contribution in [1.29, 1.82) is 0 Å². The summed E-state index contributed by atoms with van der Waals surface area (Å²) in [7, 11) is -2.07. The highest BCUT2D eigenvalue weighted by atomic mass is 35.5. The van der Waals surface area contributed by atoms with Crippen molar-refractivity contribution in [3.8, 4) is 0 Å². The van der Waals surface area contributed by atoms with Gasteiger partial charge in [-0.1, -0.05) is 29.8 Å². The van der Waals surface area contributed by atoms with Crippen LogP contribution in [0.1, 0.15) is 11.7 Å². The second-order valence-corrected chi connectivity index (χ2v) is 6.41. The highest BCUT2D eigenvalue weighted by molar-refractivity contribution is 7.89. The predicted molar refractivity (Wildman–Crippen MR) is 74.8 cm³/mol. The van der Waals surface area contributed by atoms with Crippen LogP contribution < -0.4 is 4.72 Å². The molecule has 0 radical (unpaired) electrons. The molecular weight excluding hydrogens is 302 g/mol. The van der Waals surface area contributed by atoms with Crippen molar-refractivity contribution in [3.63, 3.8) is 0 Å². The topological polar surface area (TPSA) is 84.2 Å². The molecule has 0 saturated carbocycles. The molecule has 0 amide bonds. The number of nitrogens with zero attached hydrogens (tertiary/aromatic N) is 2. The van der Waals surface area contributed by atoms with E-state index in [2.05, 4.69) is 9.82 Å². The third-order valence-corrected chi connectivity index (χ3v) is 4.44. The molecule has 6 nitrogen and oxygen atoms in total. The van der Waals surface area contributed by atoms with Crippen LogP contribution in [0.25, 0.3) is 0 Å². The molecule has 0 saturated heterocycles. The average Bonchev–Trinajstić information content (AvgIpc) is 2.84. The molecule has 0 aliphatic rings. The maximum absolute atomic E-state index is 12.0. The largest absolute Gasteiger partial charge is 0.387 e. The molecule has 108 valence electrons. The molecule has 1 aromatic carbocycles. The summed E-state index contributed by atoms with van der Waals surface area (Å²) in [5.41, 5.74) is 0.475. The molecule has 1 atom stereocenters. The van der Waals surface area contributed by atoms with Gasteiger partial charge in [-0.05, 0) is 6.07 Å². The molecular formula is C12H14ClN3O3S. The zero-order valence-electron chi connectivity index (χ0n) is 10.7. The van der Waals surface area contributed by atoms with Crippen molar-refractivity contribution < 1.29 is 13.5 Å². The SMILES string of the molecule is Cn1cc(S(=O)(=O)NCC(O)c2ccccc2Cl)cn1. The van der Waals surface area contributed by atoms with Crippen molar-refractivity contribution in [2.75, 3.05) is 6.54 Å². The van der Waals surface area contributed by atoms with E-state index in [1.807, 2.05) is 0 Å². The molecule has 0 aliphatic carbocycles. The normalized spacial score (nSPS) is 13.3. The van der Waals surface area contributed by atoms with Gasteiger partial charge < -0.3 is 5.11 Å². The number of benzene rings is 1. The monoisotopic (exact) mass is 315 g/mol. The van der Waals surface area contributed by atoms with Gasteiger partial charge in [0.15, 0.2) is 0 Å². The van der Waals surface area contributed by atoms with E-state index in [0.717, 1.165) is 0 Å². The van der Waals surface area contributed by atoms with Gasteiger partial charge in [0, 0.05) is 30.4 Å². The van der Waals surface area contributed by atoms with Crippen LogP contribution in [0, 0.1) is 0 Å². The predicted octanol–water partition coefficient (Wildman–Crippen LogP) is 1.09. The first kappa shape index (κ1) is 15.0. The number of hydrogen-bond acceptors (Lipinski definition) is 4. The summed E-state index contributed by atoms with van der Waals surface area (Å²) in [5.74, 6) is 0. The number of halogens is 1. The molecule has 0 spiro atoms. The molecule has 20 heavy (non-hydrogen) atoms. The van der Waals surface area contributed by atoms with Crippen LogP contribution >= 0.6 is 11.6 Å². The van der Waals surface area contributed by atoms with Crippen molar-refractivity contribution in [2.45, 2.75) is 11.0 Å². The second kappa shape index (κ2) is 5.92. The number of aliphatic hydroxyl groups is 1. The number of aromatic nitrogens is 2. The Hall–Kier alpha value is -1.41.